The minimum absolute atomic E-state index is 0.358. The van der Waals surface area contributed by atoms with Crippen LogP contribution in [0, 0.1) is 5.92 Å². The second-order valence-electron chi connectivity index (χ2n) is 5.75. The summed E-state index contributed by atoms with van der Waals surface area (Å²) in [5.41, 5.74) is 0.864. The topological polar surface area (TPSA) is 91.2 Å². The summed E-state index contributed by atoms with van der Waals surface area (Å²) in [6.45, 7) is 3.08. The van der Waals surface area contributed by atoms with Gasteiger partial charge in [0, 0.05) is 19.3 Å². The van der Waals surface area contributed by atoms with Crippen molar-refractivity contribution in [1.29, 1.82) is 0 Å². The summed E-state index contributed by atoms with van der Waals surface area (Å²) in [4.78, 5) is 2.28. The van der Waals surface area contributed by atoms with Crippen LogP contribution in [-0.2, 0) is 16.6 Å². The maximum Gasteiger partial charge on any atom is 0.208 e. The average molecular weight is 324 g/mol. The number of hydrogen-bond acceptors (Lipinski definition) is 5. The van der Waals surface area contributed by atoms with E-state index in [-0.39, 0.29) is 0 Å². The molecule has 1 saturated heterocycles. The van der Waals surface area contributed by atoms with E-state index >= 15 is 0 Å². The number of H-pyrrole nitrogens is 1. The number of aromatic amines is 1. The monoisotopic (exact) mass is 324 g/mol. The summed E-state index contributed by atoms with van der Waals surface area (Å²) in [5.74, 6) is 2.04. The van der Waals surface area contributed by atoms with Crippen LogP contribution in [0.1, 0.15) is 12.2 Å². The van der Waals surface area contributed by atoms with Crippen molar-refractivity contribution in [3.8, 4) is 11.5 Å². The van der Waals surface area contributed by atoms with Crippen molar-refractivity contribution in [2.45, 2.75) is 13.0 Å². The Morgan fingerprint density at radius 1 is 1.45 bits per heavy atom. The van der Waals surface area contributed by atoms with E-state index in [9.17, 15) is 8.42 Å². The Morgan fingerprint density at radius 2 is 2.32 bits per heavy atom. The molecular formula is C14H20N4O3S. The molecule has 3 heterocycles. The third kappa shape index (κ3) is 3.96. The summed E-state index contributed by atoms with van der Waals surface area (Å²) in [7, 11) is -3.11. The minimum atomic E-state index is -3.11. The van der Waals surface area contributed by atoms with Gasteiger partial charge in [-0.25, -0.2) is 13.1 Å². The van der Waals surface area contributed by atoms with Gasteiger partial charge in [-0.15, -0.1) is 0 Å². The van der Waals surface area contributed by atoms with Crippen molar-refractivity contribution < 1.29 is 12.8 Å². The molecule has 2 N–H and O–H groups in total. The van der Waals surface area contributed by atoms with Crippen molar-refractivity contribution in [3.63, 3.8) is 0 Å². The fraction of sp³-hybridized carbons (Fsp3) is 0.500. The first-order valence-corrected chi connectivity index (χ1v) is 9.14. The summed E-state index contributed by atoms with van der Waals surface area (Å²) in [6.07, 6.45) is 3.88. The van der Waals surface area contributed by atoms with E-state index in [4.69, 9.17) is 4.42 Å². The third-order valence-corrected chi connectivity index (χ3v) is 4.50. The van der Waals surface area contributed by atoms with Gasteiger partial charge in [-0.2, -0.15) is 5.10 Å². The first-order chi connectivity index (χ1) is 10.5. The van der Waals surface area contributed by atoms with Gasteiger partial charge in [0.1, 0.15) is 11.5 Å². The van der Waals surface area contributed by atoms with E-state index < -0.39 is 10.0 Å². The van der Waals surface area contributed by atoms with Crippen LogP contribution in [-0.4, -0.2) is 49.4 Å². The summed E-state index contributed by atoms with van der Waals surface area (Å²) >= 11 is 0. The molecule has 0 saturated carbocycles. The van der Waals surface area contributed by atoms with Gasteiger partial charge >= 0.3 is 0 Å². The summed E-state index contributed by atoms with van der Waals surface area (Å²) in [6, 6.07) is 5.77. The van der Waals surface area contributed by atoms with Gasteiger partial charge in [0.15, 0.2) is 5.76 Å². The van der Waals surface area contributed by atoms with Crippen LogP contribution >= 0.6 is 0 Å². The maximum absolute atomic E-state index is 11.1. The minimum Gasteiger partial charge on any atom is -0.458 e. The molecular weight excluding hydrogens is 304 g/mol. The van der Waals surface area contributed by atoms with Gasteiger partial charge in [-0.3, -0.25) is 10.00 Å². The first kappa shape index (κ1) is 15.3. The summed E-state index contributed by atoms with van der Waals surface area (Å²) in [5, 5.41) is 6.79. The van der Waals surface area contributed by atoms with Crippen molar-refractivity contribution in [3.05, 3.63) is 30.2 Å². The molecule has 7 nitrogen and oxygen atoms in total. The predicted octanol–water partition coefficient (Wildman–Crippen LogP) is 1.04. The molecule has 2 aromatic rings. The van der Waals surface area contributed by atoms with Crippen LogP contribution in [0.4, 0.5) is 0 Å². The van der Waals surface area contributed by atoms with Crippen LogP contribution < -0.4 is 4.72 Å². The Kier molecular flexibility index (Phi) is 4.32. The molecule has 0 aromatic carbocycles. The molecule has 120 valence electrons. The highest BCUT2D eigenvalue weighted by Crippen LogP contribution is 2.23. The average Bonchev–Trinajstić information content (AvgIpc) is 3.17. The SMILES string of the molecule is CS(=O)(=O)NC[C@H]1CCN(Cc2ccc(-c3ccn[nH]3)o2)C1. The lowest BCUT2D eigenvalue weighted by atomic mass is 10.1. The Bertz CT molecular complexity index is 708. The highest BCUT2D eigenvalue weighted by Gasteiger charge is 2.24. The number of rotatable bonds is 6. The zero-order chi connectivity index (χ0) is 15.6. The molecule has 0 amide bonds. The lowest BCUT2D eigenvalue weighted by Crippen LogP contribution is -2.30. The van der Waals surface area contributed by atoms with Gasteiger partial charge in [0.05, 0.1) is 12.8 Å². The first-order valence-electron chi connectivity index (χ1n) is 7.25. The van der Waals surface area contributed by atoms with Gasteiger partial charge in [0.2, 0.25) is 10.0 Å². The molecule has 1 atom stereocenters. The van der Waals surface area contributed by atoms with Crippen LogP contribution in [0.2, 0.25) is 0 Å². The second kappa shape index (κ2) is 6.23. The van der Waals surface area contributed by atoms with Crippen molar-refractivity contribution in [2.24, 2.45) is 5.92 Å². The Morgan fingerprint density at radius 3 is 3.05 bits per heavy atom. The number of hydrogen-bond donors (Lipinski definition) is 2. The normalized spacial score (nSPS) is 19.8. The Labute approximate surface area is 129 Å². The molecule has 0 radical (unpaired) electrons. The largest absolute Gasteiger partial charge is 0.458 e. The van der Waals surface area contributed by atoms with E-state index in [0.717, 1.165) is 43.3 Å². The third-order valence-electron chi connectivity index (χ3n) is 3.81. The van der Waals surface area contributed by atoms with E-state index in [0.29, 0.717) is 12.5 Å². The molecule has 0 bridgehead atoms. The van der Waals surface area contributed by atoms with Crippen LogP contribution in [0.5, 0.6) is 0 Å². The van der Waals surface area contributed by atoms with E-state index in [2.05, 4.69) is 19.8 Å². The zero-order valence-corrected chi connectivity index (χ0v) is 13.3. The van der Waals surface area contributed by atoms with E-state index in [1.165, 1.54) is 6.26 Å². The number of aromatic nitrogens is 2. The van der Waals surface area contributed by atoms with Gasteiger partial charge in [-0.05, 0) is 37.1 Å². The molecule has 0 spiro atoms. The molecule has 0 aliphatic carbocycles. The zero-order valence-electron chi connectivity index (χ0n) is 12.4. The second-order valence-corrected chi connectivity index (χ2v) is 7.58. The molecule has 3 rings (SSSR count). The fourth-order valence-corrected chi connectivity index (χ4v) is 3.25. The van der Waals surface area contributed by atoms with Gasteiger partial charge in [-0.1, -0.05) is 0 Å². The quantitative estimate of drug-likeness (QED) is 0.828. The predicted molar refractivity (Wildman–Crippen MR) is 82.5 cm³/mol. The molecule has 0 unspecified atom stereocenters. The lowest BCUT2D eigenvalue weighted by Gasteiger charge is -2.14. The molecule has 22 heavy (non-hydrogen) atoms. The molecule has 1 aliphatic heterocycles. The molecule has 1 fully saturated rings. The number of nitrogens with zero attached hydrogens (tertiary/aromatic N) is 2. The molecule has 2 aromatic heterocycles. The fourth-order valence-electron chi connectivity index (χ4n) is 2.71. The van der Waals surface area contributed by atoms with Gasteiger partial charge < -0.3 is 4.42 Å². The lowest BCUT2D eigenvalue weighted by molar-refractivity contribution is 0.288. The highest BCUT2D eigenvalue weighted by atomic mass is 32.2. The van der Waals surface area contributed by atoms with E-state index in [1.807, 2.05) is 18.2 Å². The maximum atomic E-state index is 11.1. The number of nitrogens with one attached hydrogen (secondary N) is 2. The standard InChI is InChI=1S/C14H20N4O3S/c1-22(19,20)16-8-11-5-7-18(9-11)10-12-2-3-14(21-12)13-4-6-15-17-13/h2-4,6,11,16H,5,7-10H2,1H3,(H,15,17)/t11-/m1/s1. The van der Waals surface area contributed by atoms with Crippen LogP contribution in [0.15, 0.2) is 28.8 Å². The van der Waals surface area contributed by atoms with Crippen LogP contribution in [0.25, 0.3) is 11.5 Å². The van der Waals surface area contributed by atoms with Crippen molar-refractivity contribution in [1.82, 2.24) is 19.8 Å². The molecule has 8 heteroatoms. The Balaban J connectivity index is 1.52. The van der Waals surface area contributed by atoms with Crippen LogP contribution in [0.3, 0.4) is 0 Å². The highest BCUT2D eigenvalue weighted by molar-refractivity contribution is 7.88. The Hall–Kier alpha value is -1.64. The van der Waals surface area contributed by atoms with Crippen molar-refractivity contribution >= 4 is 10.0 Å². The number of sulfonamides is 1. The summed E-state index contributed by atoms with van der Waals surface area (Å²) < 4.78 is 30.7. The number of likely N-dealkylation sites (tertiary alicyclic amines) is 1. The van der Waals surface area contributed by atoms with Crippen molar-refractivity contribution in [2.75, 3.05) is 25.9 Å². The smallest absolute Gasteiger partial charge is 0.208 e. The number of furan rings is 1. The van der Waals surface area contributed by atoms with E-state index in [1.54, 1.807) is 6.20 Å². The molecule has 1 aliphatic rings. The van der Waals surface area contributed by atoms with Gasteiger partial charge in [0.25, 0.3) is 0 Å².